The Bertz CT molecular complexity index is 224. The summed E-state index contributed by atoms with van der Waals surface area (Å²) in [7, 11) is 0. The predicted octanol–water partition coefficient (Wildman–Crippen LogP) is -1.03. The molecule has 0 bridgehead atoms. The largest absolute Gasteiger partial charge is 0.376 e. The van der Waals surface area contributed by atoms with E-state index >= 15 is 0 Å². The highest BCUT2D eigenvalue weighted by atomic mass is 16.3. The van der Waals surface area contributed by atoms with E-state index in [1.807, 2.05) is 13.8 Å². The molecule has 5 N–H and O–H groups in total. The number of hydrogen-bond donors (Lipinski definition) is 4. The number of aliphatic hydroxyl groups is 1. The minimum Gasteiger partial charge on any atom is -0.376 e. The van der Waals surface area contributed by atoms with E-state index in [-0.39, 0.29) is 0 Å². The molecule has 0 aliphatic rings. The molecule has 6 nitrogen and oxygen atoms in total. The Hall–Kier alpha value is -0.980. The minimum atomic E-state index is -0.954. The number of carbonyl (C=O) groups excluding carboxylic acids is 2. The highest BCUT2D eigenvalue weighted by molar-refractivity contribution is 5.57. The summed E-state index contributed by atoms with van der Waals surface area (Å²) in [5.74, 6) is 0.327. The van der Waals surface area contributed by atoms with E-state index in [1.165, 1.54) is 0 Å². The number of nitrogens with two attached hydrogens (primary N) is 1. The van der Waals surface area contributed by atoms with E-state index in [1.54, 1.807) is 0 Å². The number of carbonyl (C=O) groups is 2. The van der Waals surface area contributed by atoms with Crippen molar-refractivity contribution in [3.05, 3.63) is 0 Å². The third kappa shape index (κ3) is 7.04. The zero-order valence-corrected chi connectivity index (χ0v) is 10.4. The van der Waals surface area contributed by atoms with E-state index in [2.05, 4.69) is 10.6 Å². The van der Waals surface area contributed by atoms with Crippen LogP contribution in [-0.2, 0) is 9.59 Å². The minimum absolute atomic E-state index is 0.327. The Morgan fingerprint density at radius 1 is 1.35 bits per heavy atom. The quantitative estimate of drug-likeness (QED) is 0.291. The lowest BCUT2D eigenvalue weighted by molar-refractivity contribution is -0.112. The predicted molar refractivity (Wildman–Crippen MR) is 65.1 cm³/mol. The van der Waals surface area contributed by atoms with Gasteiger partial charge in [-0.25, -0.2) is 0 Å². The summed E-state index contributed by atoms with van der Waals surface area (Å²) in [5, 5.41) is 15.2. The van der Waals surface area contributed by atoms with Crippen molar-refractivity contribution in [1.29, 1.82) is 0 Å². The fourth-order valence-corrected chi connectivity index (χ4v) is 1.59. The lowest BCUT2D eigenvalue weighted by Gasteiger charge is -2.26. The fourth-order valence-electron chi connectivity index (χ4n) is 1.59. The Morgan fingerprint density at radius 2 is 2.00 bits per heavy atom. The summed E-state index contributed by atoms with van der Waals surface area (Å²) in [4.78, 5) is 21.2. The molecule has 100 valence electrons. The Kier molecular flexibility index (Phi) is 8.57. The second kappa shape index (κ2) is 9.09. The van der Waals surface area contributed by atoms with E-state index in [4.69, 9.17) is 5.73 Å². The molecular weight excluding hydrogens is 222 g/mol. The zero-order valence-electron chi connectivity index (χ0n) is 10.4. The SMILES string of the molecule is CC(C)C[C@@H](NC=O)C(O)N[C@H](C=O)CCN. The van der Waals surface area contributed by atoms with Crippen LogP contribution < -0.4 is 16.4 Å². The first-order valence-electron chi connectivity index (χ1n) is 5.84. The van der Waals surface area contributed by atoms with E-state index in [0.29, 0.717) is 38.0 Å². The molecule has 6 heteroatoms. The van der Waals surface area contributed by atoms with Crippen molar-refractivity contribution in [2.75, 3.05) is 6.54 Å². The van der Waals surface area contributed by atoms with Gasteiger partial charge in [0.25, 0.3) is 0 Å². The number of aldehydes is 1. The van der Waals surface area contributed by atoms with Gasteiger partial charge in [0.1, 0.15) is 12.5 Å². The molecule has 0 aromatic rings. The van der Waals surface area contributed by atoms with E-state index < -0.39 is 18.3 Å². The molecule has 0 saturated carbocycles. The third-order valence-electron chi connectivity index (χ3n) is 2.42. The van der Waals surface area contributed by atoms with Crippen LogP contribution in [0.15, 0.2) is 0 Å². The van der Waals surface area contributed by atoms with Gasteiger partial charge in [-0.1, -0.05) is 13.8 Å². The summed E-state index contributed by atoms with van der Waals surface area (Å²) in [6, 6.07) is -0.897. The molecule has 0 aliphatic carbocycles. The molecule has 0 rings (SSSR count). The van der Waals surface area contributed by atoms with Crippen molar-refractivity contribution in [3.8, 4) is 0 Å². The number of nitrogens with one attached hydrogen (secondary N) is 2. The normalized spacial score (nSPS) is 16.3. The first-order chi connectivity index (χ1) is 8.04. The number of aliphatic hydroxyl groups excluding tert-OH is 1. The van der Waals surface area contributed by atoms with Crippen LogP contribution in [-0.4, -0.2) is 42.7 Å². The maximum atomic E-state index is 10.7. The highest BCUT2D eigenvalue weighted by Gasteiger charge is 2.22. The molecule has 0 fully saturated rings. The molecule has 0 heterocycles. The van der Waals surface area contributed by atoms with Gasteiger partial charge in [-0.2, -0.15) is 0 Å². The van der Waals surface area contributed by atoms with Gasteiger partial charge in [0.2, 0.25) is 6.41 Å². The van der Waals surface area contributed by atoms with Crippen LogP contribution in [0.25, 0.3) is 0 Å². The summed E-state index contributed by atoms with van der Waals surface area (Å²) < 4.78 is 0. The molecule has 17 heavy (non-hydrogen) atoms. The monoisotopic (exact) mass is 245 g/mol. The van der Waals surface area contributed by atoms with Crippen molar-refractivity contribution in [3.63, 3.8) is 0 Å². The second-order valence-corrected chi connectivity index (χ2v) is 4.45. The first kappa shape index (κ1) is 16.0. The van der Waals surface area contributed by atoms with Crippen molar-refractivity contribution in [2.24, 2.45) is 11.7 Å². The Labute approximate surface area is 102 Å². The molecule has 3 atom stereocenters. The van der Waals surface area contributed by atoms with Crippen LogP contribution in [0.3, 0.4) is 0 Å². The topological polar surface area (TPSA) is 104 Å². The van der Waals surface area contributed by atoms with Gasteiger partial charge in [0.05, 0.1) is 12.1 Å². The molecule has 0 aromatic heterocycles. The molecule has 1 unspecified atom stereocenters. The first-order valence-corrected chi connectivity index (χ1v) is 5.84. The van der Waals surface area contributed by atoms with Gasteiger partial charge >= 0.3 is 0 Å². The molecule has 1 amide bonds. The number of amides is 1. The molecular formula is C11H23N3O3. The number of hydrogen-bond acceptors (Lipinski definition) is 5. The van der Waals surface area contributed by atoms with E-state index in [9.17, 15) is 14.7 Å². The molecule has 0 spiro atoms. The lowest BCUT2D eigenvalue weighted by atomic mass is 10.0. The van der Waals surface area contributed by atoms with Gasteiger partial charge in [0, 0.05) is 0 Å². The molecule has 0 aliphatic heterocycles. The number of rotatable bonds is 10. The standard InChI is InChI=1S/C11H23N3O3/c1-8(2)5-10(13-7-16)11(17)14-9(6-15)3-4-12/h6-11,14,17H,3-5,12H2,1-2H3,(H,13,16)/t9-,10+,11?/m0/s1. The van der Waals surface area contributed by atoms with Crippen LogP contribution in [0.2, 0.25) is 0 Å². The highest BCUT2D eigenvalue weighted by Crippen LogP contribution is 2.07. The van der Waals surface area contributed by atoms with Crippen molar-refractivity contribution in [1.82, 2.24) is 10.6 Å². The average Bonchev–Trinajstić information content (AvgIpc) is 2.27. The maximum Gasteiger partial charge on any atom is 0.207 e. The second-order valence-electron chi connectivity index (χ2n) is 4.45. The van der Waals surface area contributed by atoms with Gasteiger partial charge in [0.15, 0.2) is 0 Å². The van der Waals surface area contributed by atoms with Crippen LogP contribution in [0, 0.1) is 5.92 Å². The van der Waals surface area contributed by atoms with Crippen molar-refractivity contribution < 1.29 is 14.7 Å². The van der Waals surface area contributed by atoms with Crippen LogP contribution >= 0.6 is 0 Å². The van der Waals surface area contributed by atoms with Crippen molar-refractivity contribution >= 4 is 12.7 Å². The summed E-state index contributed by atoms with van der Waals surface area (Å²) in [6.07, 6.45) is 1.39. The van der Waals surface area contributed by atoms with Crippen molar-refractivity contribution in [2.45, 2.75) is 45.0 Å². The molecule has 0 aromatic carbocycles. The summed E-state index contributed by atoms with van der Waals surface area (Å²) in [6.45, 7) is 4.34. The third-order valence-corrected chi connectivity index (χ3v) is 2.42. The van der Waals surface area contributed by atoms with Gasteiger partial charge < -0.3 is 21.0 Å². The van der Waals surface area contributed by atoms with Crippen LogP contribution in [0.4, 0.5) is 0 Å². The zero-order chi connectivity index (χ0) is 13.3. The van der Waals surface area contributed by atoms with Gasteiger partial charge in [-0.3, -0.25) is 10.1 Å². The van der Waals surface area contributed by atoms with Gasteiger partial charge in [-0.05, 0) is 25.3 Å². The average molecular weight is 245 g/mol. The molecule has 0 saturated heterocycles. The van der Waals surface area contributed by atoms with Gasteiger partial charge in [-0.15, -0.1) is 0 Å². The Morgan fingerprint density at radius 3 is 2.41 bits per heavy atom. The van der Waals surface area contributed by atoms with E-state index in [0.717, 1.165) is 0 Å². The van der Waals surface area contributed by atoms with Crippen LogP contribution in [0.1, 0.15) is 26.7 Å². The van der Waals surface area contributed by atoms with Crippen LogP contribution in [0.5, 0.6) is 0 Å². The maximum absolute atomic E-state index is 10.7. The summed E-state index contributed by atoms with van der Waals surface area (Å²) in [5.41, 5.74) is 5.34. The Balaban J connectivity index is 4.32. The lowest BCUT2D eigenvalue weighted by Crippen LogP contribution is -2.52. The smallest absolute Gasteiger partial charge is 0.207 e. The summed E-state index contributed by atoms with van der Waals surface area (Å²) >= 11 is 0. The molecule has 0 radical (unpaired) electrons. The fraction of sp³-hybridized carbons (Fsp3) is 0.818.